The highest BCUT2D eigenvalue weighted by Gasteiger charge is 2.32. The number of amides is 1. The fourth-order valence-electron chi connectivity index (χ4n) is 3.31. The van der Waals surface area contributed by atoms with Gasteiger partial charge in [0.2, 0.25) is 0 Å². The van der Waals surface area contributed by atoms with E-state index in [0.717, 1.165) is 24.4 Å². The summed E-state index contributed by atoms with van der Waals surface area (Å²) < 4.78 is 2.08. The van der Waals surface area contributed by atoms with Crippen LogP contribution in [0, 0.1) is 0 Å². The van der Waals surface area contributed by atoms with Crippen LogP contribution >= 0.6 is 0 Å². The highest BCUT2D eigenvalue weighted by Crippen LogP contribution is 2.40. The minimum absolute atomic E-state index is 0.0317. The number of imidazole rings is 1. The van der Waals surface area contributed by atoms with Gasteiger partial charge in [-0.05, 0) is 25.0 Å². The summed E-state index contributed by atoms with van der Waals surface area (Å²) in [6.45, 7) is 3.87. The SMILES string of the molecule is O=C(c1nc(C2CC2)n2ccccc12)N1CCN(CCO)CC1. The van der Waals surface area contributed by atoms with Crippen LogP contribution in [-0.4, -0.2) is 69.5 Å². The maximum atomic E-state index is 12.9. The van der Waals surface area contributed by atoms with Crippen molar-refractivity contribution in [2.75, 3.05) is 39.3 Å². The molecule has 6 nitrogen and oxygen atoms in total. The quantitative estimate of drug-likeness (QED) is 0.913. The van der Waals surface area contributed by atoms with Gasteiger partial charge in [-0.1, -0.05) is 6.07 Å². The molecule has 1 aliphatic carbocycles. The summed E-state index contributed by atoms with van der Waals surface area (Å²) in [5.74, 6) is 1.57. The van der Waals surface area contributed by atoms with E-state index in [0.29, 0.717) is 31.2 Å². The van der Waals surface area contributed by atoms with Gasteiger partial charge in [0.05, 0.1) is 12.1 Å². The Bertz CT molecular complexity index is 714. The van der Waals surface area contributed by atoms with Crippen LogP contribution in [0.1, 0.15) is 35.1 Å². The van der Waals surface area contributed by atoms with Gasteiger partial charge in [-0.15, -0.1) is 0 Å². The molecule has 6 heteroatoms. The van der Waals surface area contributed by atoms with Crippen LogP contribution in [0.25, 0.3) is 5.52 Å². The Balaban J connectivity index is 1.58. The number of fused-ring (bicyclic) bond motifs is 1. The van der Waals surface area contributed by atoms with Crippen LogP contribution in [0.4, 0.5) is 0 Å². The second-order valence-electron chi connectivity index (χ2n) is 6.41. The van der Waals surface area contributed by atoms with Gasteiger partial charge < -0.3 is 14.4 Å². The lowest BCUT2D eigenvalue weighted by molar-refractivity contribution is 0.0611. The Morgan fingerprint density at radius 2 is 2.00 bits per heavy atom. The summed E-state index contributed by atoms with van der Waals surface area (Å²) in [6.07, 6.45) is 4.34. The third-order valence-electron chi connectivity index (χ3n) is 4.80. The Labute approximate surface area is 135 Å². The molecule has 0 unspecified atom stereocenters. The molecule has 1 N–H and O–H groups in total. The number of aromatic nitrogens is 2. The summed E-state index contributed by atoms with van der Waals surface area (Å²) >= 11 is 0. The highest BCUT2D eigenvalue weighted by molar-refractivity contribution is 5.99. The number of rotatable bonds is 4. The minimum atomic E-state index is 0.0317. The van der Waals surface area contributed by atoms with Gasteiger partial charge in [0.25, 0.3) is 5.91 Å². The van der Waals surface area contributed by atoms with E-state index in [9.17, 15) is 4.79 Å². The molecule has 1 amide bonds. The molecule has 0 spiro atoms. The van der Waals surface area contributed by atoms with E-state index in [1.54, 1.807) is 0 Å². The van der Waals surface area contributed by atoms with Crippen molar-refractivity contribution < 1.29 is 9.90 Å². The van der Waals surface area contributed by atoms with E-state index in [2.05, 4.69) is 9.30 Å². The van der Waals surface area contributed by atoms with Crippen molar-refractivity contribution in [1.29, 1.82) is 0 Å². The van der Waals surface area contributed by atoms with E-state index in [1.807, 2.05) is 29.3 Å². The van der Waals surface area contributed by atoms with E-state index in [-0.39, 0.29) is 12.5 Å². The summed E-state index contributed by atoms with van der Waals surface area (Å²) in [6, 6.07) is 5.93. The first-order chi connectivity index (χ1) is 11.3. The van der Waals surface area contributed by atoms with Gasteiger partial charge in [0, 0.05) is 44.8 Å². The Kier molecular flexibility index (Phi) is 3.79. The van der Waals surface area contributed by atoms with Gasteiger partial charge in [-0.3, -0.25) is 9.69 Å². The first-order valence-corrected chi connectivity index (χ1v) is 8.37. The van der Waals surface area contributed by atoms with Crippen molar-refractivity contribution in [3.05, 3.63) is 35.9 Å². The van der Waals surface area contributed by atoms with Crippen LogP contribution in [0.3, 0.4) is 0 Å². The summed E-state index contributed by atoms with van der Waals surface area (Å²) in [7, 11) is 0. The number of β-amino-alcohol motifs (C(OH)–C–C–N with tert-alkyl or cyclic N) is 1. The number of pyridine rings is 1. The number of aliphatic hydroxyl groups excluding tert-OH is 1. The number of aliphatic hydroxyl groups is 1. The molecule has 2 aromatic rings. The molecule has 23 heavy (non-hydrogen) atoms. The lowest BCUT2D eigenvalue weighted by Crippen LogP contribution is -2.49. The van der Waals surface area contributed by atoms with Crippen molar-refractivity contribution in [3.8, 4) is 0 Å². The molecule has 1 saturated carbocycles. The van der Waals surface area contributed by atoms with Crippen molar-refractivity contribution in [1.82, 2.24) is 19.2 Å². The number of carbonyl (C=O) groups excluding carboxylic acids is 1. The lowest BCUT2D eigenvalue weighted by atomic mass is 10.2. The van der Waals surface area contributed by atoms with E-state index >= 15 is 0 Å². The predicted molar refractivity (Wildman–Crippen MR) is 86.6 cm³/mol. The van der Waals surface area contributed by atoms with E-state index in [4.69, 9.17) is 10.1 Å². The largest absolute Gasteiger partial charge is 0.395 e. The number of hydrogen-bond donors (Lipinski definition) is 1. The molecule has 3 heterocycles. The second-order valence-corrected chi connectivity index (χ2v) is 6.41. The Morgan fingerprint density at radius 1 is 1.22 bits per heavy atom. The number of hydrogen-bond acceptors (Lipinski definition) is 4. The molecular formula is C17H22N4O2. The van der Waals surface area contributed by atoms with Crippen LogP contribution in [0.15, 0.2) is 24.4 Å². The summed E-state index contributed by atoms with van der Waals surface area (Å²) in [5.41, 5.74) is 1.50. The fraction of sp³-hybridized carbons (Fsp3) is 0.529. The highest BCUT2D eigenvalue weighted by atomic mass is 16.3. The third kappa shape index (κ3) is 2.72. The number of carbonyl (C=O) groups is 1. The molecular weight excluding hydrogens is 292 g/mol. The van der Waals surface area contributed by atoms with Gasteiger partial charge >= 0.3 is 0 Å². The second kappa shape index (κ2) is 5.94. The van der Waals surface area contributed by atoms with Crippen molar-refractivity contribution in [3.63, 3.8) is 0 Å². The molecule has 0 radical (unpaired) electrons. The summed E-state index contributed by atoms with van der Waals surface area (Å²) in [5, 5.41) is 9.02. The zero-order valence-corrected chi connectivity index (χ0v) is 13.2. The minimum Gasteiger partial charge on any atom is -0.395 e. The molecule has 0 bridgehead atoms. The average molecular weight is 314 g/mol. The molecule has 4 rings (SSSR count). The Hall–Kier alpha value is -1.92. The molecule has 1 saturated heterocycles. The molecule has 2 fully saturated rings. The molecule has 0 atom stereocenters. The van der Waals surface area contributed by atoms with Crippen molar-refractivity contribution >= 4 is 11.4 Å². The third-order valence-corrected chi connectivity index (χ3v) is 4.80. The predicted octanol–water partition coefficient (Wildman–Crippen LogP) is 0.962. The normalized spacial score (nSPS) is 19.4. The topological polar surface area (TPSA) is 61.1 Å². The van der Waals surface area contributed by atoms with Gasteiger partial charge in [0.1, 0.15) is 5.82 Å². The monoisotopic (exact) mass is 314 g/mol. The lowest BCUT2D eigenvalue weighted by Gasteiger charge is -2.34. The van der Waals surface area contributed by atoms with E-state index in [1.165, 1.54) is 12.8 Å². The average Bonchev–Trinajstić information content (AvgIpc) is 3.36. The van der Waals surface area contributed by atoms with Crippen LogP contribution in [0.5, 0.6) is 0 Å². The number of piperazine rings is 1. The molecule has 2 aromatic heterocycles. The van der Waals surface area contributed by atoms with E-state index < -0.39 is 0 Å². The zero-order chi connectivity index (χ0) is 15.8. The van der Waals surface area contributed by atoms with Crippen LogP contribution < -0.4 is 0 Å². The Morgan fingerprint density at radius 3 is 2.70 bits per heavy atom. The molecule has 122 valence electrons. The zero-order valence-electron chi connectivity index (χ0n) is 13.2. The summed E-state index contributed by atoms with van der Waals surface area (Å²) in [4.78, 5) is 21.7. The van der Waals surface area contributed by atoms with Crippen molar-refractivity contribution in [2.45, 2.75) is 18.8 Å². The molecule has 1 aliphatic heterocycles. The first-order valence-electron chi connectivity index (χ1n) is 8.37. The maximum absolute atomic E-state index is 12.9. The maximum Gasteiger partial charge on any atom is 0.274 e. The molecule has 0 aromatic carbocycles. The first kappa shape index (κ1) is 14.7. The van der Waals surface area contributed by atoms with Crippen molar-refractivity contribution in [2.24, 2.45) is 0 Å². The van der Waals surface area contributed by atoms with Gasteiger partial charge in [-0.2, -0.15) is 0 Å². The van der Waals surface area contributed by atoms with Gasteiger partial charge in [-0.25, -0.2) is 4.98 Å². The standard InChI is InChI=1S/C17H22N4O2/c22-12-11-19-7-9-20(10-8-19)17(23)15-14-3-1-2-6-21(14)16(18-15)13-4-5-13/h1-3,6,13,22H,4-5,7-12H2. The van der Waals surface area contributed by atoms with Crippen LogP contribution in [0.2, 0.25) is 0 Å². The number of nitrogens with zero attached hydrogens (tertiary/aromatic N) is 4. The van der Waals surface area contributed by atoms with Crippen LogP contribution in [-0.2, 0) is 0 Å². The smallest absolute Gasteiger partial charge is 0.274 e. The fourth-order valence-corrected chi connectivity index (χ4v) is 3.31. The van der Waals surface area contributed by atoms with Gasteiger partial charge in [0.15, 0.2) is 5.69 Å². The molecule has 2 aliphatic rings.